The maximum Gasteiger partial charge on any atom is 0.267 e. The Morgan fingerprint density at radius 1 is 1.50 bits per heavy atom. The largest absolute Gasteiger partial charge is 0.368 e. The van der Waals surface area contributed by atoms with Crippen molar-refractivity contribution in [1.82, 2.24) is 5.48 Å². The molecule has 3 N–H and O–H groups in total. The number of rotatable bonds is 5. The van der Waals surface area contributed by atoms with Gasteiger partial charge in [-0.15, -0.1) is 0 Å². The molecule has 2 amide bonds. The van der Waals surface area contributed by atoms with E-state index in [0.29, 0.717) is 0 Å². The lowest BCUT2D eigenvalue weighted by molar-refractivity contribution is -0.134. The molecule has 0 radical (unpaired) electrons. The van der Waals surface area contributed by atoms with E-state index in [1.807, 2.05) is 5.48 Å². The number of halogens is 2. The molecule has 0 fully saturated rings. The molecule has 0 spiro atoms. The third-order valence-corrected chi connectivity index (χ3v) is 2.12. The number of nitrogens with two attached hydrogens (primary N) is 1. The van der Waals surface area contributed by atoms with Crippen molar-refractivity contribution in [2.45, 2.75) is 0 Å². The highest BCUT2D eigenvalue weighted by molar-refractivity contribution is 6.32. The van der Waals surface area contributed by atoms with Crippen molar-refractivity contribution in [2.75, 3.05) is 6.61 Å². The highest BCUT2D eigenvalue weighted by Crippen LogP contribution is 2.20. The summed E-state index contributed by atoms with van der Waals surface area (Å²) >= 11 is 5.74. The van der Waals surface area contributed by atoms with Gasteiger partial charge in [0.25, 0.3) is 5.91 Å². The molecular weight excluding hydrogens is 263 g/mol. The zero-order valence-electron chi connectivity index (χ0n) is 9.15. The van der Waals surface area contributed by atoms with E-state index in [1.54, 1.807) is 0 Å². The van der Waals surface area contributed by atoms with Gasteiger partial charge < -0.3 is 5.73 Å². The van der Waals surface area contributed by atoms with Crippen LogP contribution in [0, 0.1) is 5.82 Å². The van der Waals surface area contributed by atoms with Crippen LogP contribution in [0.3, 0.4) is 0 Å². The van der Waals surface area contributed by atoms with Gasteiger partial charge in [-0.05, 0) is 18.2 Å². The van der Waals surface area contributed by atoms with Crippen molar-refractivity contribution in [3.05, 3.63) is 40.7 Å². The number of primary amides is 1. The van der Waals surface area contributed by atoms with Crippen molar-refractivity contribution < 1.29 is 18.8 Å². The molecule has 1 aromatic carbocycles. The molecule has 1 aromatic rings. The molecular formula is C11H10ClFN2O3. The summed E-state index contributed by atoms with van der Waals surface area (Å²) in [4.78, 5) is 25.9. The third-order valence-electron chi connectivity index (χ3n) is 1.79. The number of hydrogen-bond acceptors (Lipinski definition) is 3. The normalized spacial score (nSPS) is 10.6. The van der Waals surface area contributed by atoms with Gasteiger partial charge in [0.15, 0.2) is 6.61 Å². The minimum absolute atomic E-state index is 0.0872. The molecule has 18 heavy (non-hydrogen) atoms. The average molecular weight is 273 g/mol. The summed E-state index contributed by atoms with van der Waals surface area (Å²) in [5.41, 5.74) is 6.80. The van der Waals surface area contributed by atoms with E-state index in [1.165, 1.54) is 24.3 Å². The number of amides is 2. The molecule has 0 aliphatic rings. The van der Waals surface area contributed by atoms with Crippen LogP contribution in [0.15, 0.2) is 24.3 Å². The van der Waals surface area contributed by atoms with Crippen LogP contribution in [-0.2, 0) is 14.4 Å². The Morgan fingerprint density at radius 3 is 2.83 bits per heavy atom. The molecule has 0 aromatic heterocycles. The second-order valence-electron chi connectivity index (χ2n) is 3.19. The van der Waals surface area contributed by atoms with E-state index in [9.17, 15) is 14.0 Å². The Morgan fingerprint density at radius 2 is 2.22 bits per heavy atom. The Bertz CT molecular complexity index is 471. The highest BCUT2D eigenvalue weighted by atomic mass is 35.5. The van der Waals surface area contributed by atoms with Gasteiger partial charge in [-0.2, -0.15) is 0 Å². The predicted molar refractivity (Wildman–Crippen MR) is 63.7 cm³/mol. The van der Waals surface area contributed by atoms with Gasteiger partial charge in [0.2, 0.25) is 5.91 Å². The van der Waals surface area contributed by atoms with Crippen molar-refractivity contribution in [1.29, 1.82) is 0 Å². The minimum Gasteiger partial charge on any atom is -0.368 e. The van der Waals surface area contributed by atoms with Crippen molar-refractivity contribution in [3.63, 3.8) is 0 Å². The van der Waals surface area contributed by atoms with Gasteiger partial charge in [0.1, 0.15) is 5.82 Å². The van der Waals surface area contributed by atoms with E-state index >= 15 is 0 Å². The Balaban J connectivity index is 2.58. The lowest BCUT2D eigenvalue weighted by Gasteiger charge is -2.01. The van der Waals surface area contributed by atoms with E-state index in [0.717, 1.165) is 6.08 Å². The monoisotopic (exact) mass is 272 g/mol. The summed E-state index contributed by atoms with van der Waals surface area (Å²) < 4.78 is 13.3. The number of hydrogen-bond donors (Lipinski definition) is 2. The van der Waals surface area contributed by atoms with Crippen LogP contribution in [0.4, 0.5) is 4.39 Å². The molecule has 1 rings (SSSR count). The van der Waals surface area contributed by atoms with Crippen LogP contribution >= 0.6 is 11.6 Å². The molecule has 0 heterocycles. The molecule has 5 nitrogen and oxygen atoms in total. The first kappa shape index (κ1) is 14.1. The highest BCUT2D eigenvalue weighted by Gasteiger charge is 2.04. The molecule has 0 aliphatic carbocycles. The minimum atomic E-state index is -0.726. The third kappa shape index (κ3) is 4.52. The maximum absolute atomic E-state index is 13.3. The van der Waals surface area contributed by atoms with Crippen molar-refractivity contribution in [2.24, 2.45) is 5.73 Å². The topological polar surface area (TPSA) is 81.4 Å². The Labute approximate surface area is 107 Å². The lowest BCUT2D eigenvalue weighted by Crippen LogP contribution is -2.28. The zero-order valence-corrected chi connectivity index (χ0v) is 9.91. The number of benzene rings is 1. The summed E-state index contributed by atoms with van der Waals surface area (Å²) in [6, 6.07) is 4.16. The fourth-order valence-corrected chi connectivity index (χ4v) is 1.27. The zero-order chi connectivity index (χ0) is 13.5. The molecule has 96 valence electrons. The molecule has 0 unspecified atom stereocenters. The predicted octanol–water partition coefficient (Wildman–Crippen LogP) is 1.03. The van der Waals surface area contributed by atoms with E-state index in [-0.39, 0.29) is 10.6 Å². The molecule has 0 saturated carbocycles. The number of carbonyl (C=O) groups is 2. The second kappa shape index (κ2) is 6.73. The first-order valence-corrected chi connectivity index (χ1v) is 5.20. The number of carbonyl (C=O) groups excluding carboxylic acids is 2. The maximum atomic E-state index is 13.3. The van der Waals surface area contributed by atoms with E-state index < -0.39 is 24.2 Å². The van der Waals surface area contributed by atoms with Crippen molar-refractivity contribution in [3.8, 4) is 0 Å². The Hall–Kier alpha value is -1.92. The smallest absolute Gasteiger partial charge is 0.267 e. The van der Waals surface area contributed by atoms with Gasteiger partial charge in [0.05, 0.1) is 5.02 Å². The van der Waals surface area contributed by atoms with Crippen LogP contribution < -0.4 is 11.2 Å². The fraction of sp³-hybridized carbons (Fsp3) is 0.0909. The van der Waals surface area contributed by atoms with Crippen LogP contribution in [0.1, 0.15) is 5.56 Å². The quantitative estimate of drug-likeness (QED) is 0.620. The fourth-order valence-electron chi connectivity index (χ4n) is 1.04. The van der Waals surface area contributed by atoms with Crippen LogP contribution in [0.5, 0.6) is 0 Å². The average Bonchev–Trinajstić information content (AvgIpc) is 2.27. The van der Waals surface area contributed by atoms with Crippen LogP contribution in [0.2, 0.25) is 5.02 Å². The van der Waals surface area contributed by atoms with Crippen molar-refractivity contribution >= 4 is 29.5 Å². The first-order valence-electron chi connectivity index (χ1n) is 4.83. The summed E-state index contributed by atoms with van der Waals surface area (Å²) in [6.07, 6.45) is 2.21. The SMILES string of the molecule is NC(=O)CONC(=O)/C=C/c1c(F)cccc1Cl. The Kier molecular flexibility index (Phi) is 5.29. The summed E-state index contributed by atoms with van der Waals surface area (Å²) in [5.74, 6) is -1.95. The van der Waals surface area contributed by atoms with Gasteiger partial charge >= 0.3 is 0 Å². The van der Waals surface area contributed by atoms with E-state index in [2.05, 4.69) is 4.84 Å². The number of nitrogens with one attached hydrogen (secondary N) is 1. The summed E-state index contributed by atoms with van der Waals surface area (Å²) in [6.45, 7) is -0.444. The van der Waals surface area contributed by atoms with Gasteiger partial charge in [-0.3, -0.25) is 14.4 Å². The molecule has 0 aliphatic heterocycles. The molecule has 0 saturated heterocycles. The number of hydroxylamine groups is 1. The van der Waals surface area contributed by atoms with Gasteiger partial charge in [-0.25, -0.2) is 9.87 Å². The van der Waals surface area contributed by atoms with E-state index in [4.69, 9.17) is 17.3 Å². The summed E-state index contributed by atoms with van der Waals surface area (Å²) in [5, 5.41) is 0.178. The van der Waals surface area contributed by atoms with Gasteiger partial charge in [0, 0.05) is 11.6 Å². The van der Waals surface area contributed by atoms with Crippen LogP contribution in [-0.4, -0.2) is 18.4 Å². The van der Waals surface area contributed by atoms with Crippen LogP contribution in [0.25, 0.3) is 6.08 Å². The standard InChI is InChI=1S/C11H10ClFN2O3/c12-8-2-1-3-9(13)7(8)4-5-11(17)15-18-6-10(14)16/h1-5H,6H2,(H2,14,16)(H,15,17)/b5-4+. The first-order chi connectivity index (χ1) is 8.50. The summed E-state index contributed by atoms with van der Waals surface area (Å²) in [7, 11) is 0. The second-order valence-corrected chi connectivity index (χ2v) is 3.60. The molecule has 7 heteroatoms. The lowest BCUT2D eigenvalue weighted by atomic mass is 10.2. The molecule has 0 atom stereocenters. The molecule has 0 bridgehead atoms. The van der Waals surface area contributed by atoms with Gasteiger partial charge in [-0.1, -0.05) is 17.7 Å².